The Morgan fingerprint density at radius 3 is 2.00 bits per heavy atom. The summed E-state index contributed by atoms with van der Waals surface area (Å²) in [5.74, 6) is -1.02. The summed E-state index contributed by atoms with van der Waals surface area (Å²) in [4.78, 5) is 0. The van der Waals surface area contributed by atoms with E-state index in [-0.39, 0.29) is 11.5 Å². The molecule has 0 spiro atoms. The first-order chi connectivity index (χ1) is 5.63. The quantitative estimate of drug-likeness (QED) is 0.554. The summed E-state index contributed by atoms with van der Waals surface area (Å²) < 4.78 is 8.19. The fraction of sp³-hybridized carbons (Fsp3) is 0.143. The second-order valence-corrected chi connectivity index (χ2v) is 2.10. The molecule has 0 radical (unpaired) electrons. The molecule has 0 saturated heterocycles. The number of hydrogen-bond acceptors (Lipinski definition) is 4. The molecule has 0 aliphatic rings. The molecule has 0 bridgehead atoms. The number of aryl methyl sites for hydroxylation is 1. The number of phenols is 3. The van der Waals surface area contributed by atoms with E-state index in [4.69, 9.17) is 19.0 Å². The molecule has 0 heterocycles. The average Bonchev–Trinajstić information content (AvgIpc) is 2.12. The van der Waals surface area contributed by atoms with Crippen LogP contribution in [0.5, 0.6) is 17.2 Å². The third kappa shape index (κ3) is 2.25. The van der Waals surface area contributed by atoms with Gasteiger partial charge in [0.2, 0.25) is 5.75 Å². The summed E-state index contributed by atoms with van der Waals surface area (Å²) in [5, 5.41) is 26.7. The Morgan fingerprint density at radius 1 is 1.08 bits per heavy atom. The topological polar surface area (TPSA) is 77.8 Å². The van der Waals surface area contributed by atoms with Gasteiger partial charge in [-0.05, 0) is 18.6 Å². The molecule has 0 atom stereocenters. The van der Waals surface area contributed by atoms with Gasteiger partial charge in [-0.2, -0.15) is 0 Å². The zero-order valence-electron chi connectivity index (χ0n) is 6.35. The molecular weight excluding hydrogens is 199 g/mol. The number of phenolic OH excluding ortho intramolecular Hbond substituents is 3. The van der Waals surface area contributed by atoms with E-state index in [9.17, 15) is 0 Å². The van der Waals surface area contributed by atoms with Crippen LogP contribution in [0.1, 0.15) is 5.56 Å². The first-order valence-corrected chi connectivity index (χ1v) is 3.58. The van der Waals surface area contributed by atoms with Crippen LogP contribution in [0.15, 0.2) is 12.1 Å². The van der Waals surface area contributed by atoms with Crippen LogP contribution in [0.3, 0.4) is 0 Å². The predicted octanol–water partition coefficient (Wildman–Crippen LogP) is 0.991. The number of aromatic hydroxyl groups is 3. The molecule has 0 aromatic heterocycles. The molecule has 0 amide bonds. The van der Waals surface area contributed by atoms with Crippen molar-refractivity contribution in [2.75, 3.05) is 0 Å². The average molecular weight is 207 g/mol. The van der Waals surface area contributed by atoms with Crippen LogP contribution in [-0.4, -0.2) is 15.3 Å². The summed E-state index contributed by atoms with van der Waals surface area (Å²) in [6, 6.07) is 2.84. The molecule has 1 aromatic carbocycles. The molecule has 3 N–H and O–H groups in total. The molecule has 0 saturated carbocycles. The van der Waals surface area contributed by atoms with E-state index in [2.05, 4.69) is 0 Å². The predicted molar refractivity (Wildman–Crippen MR) is 36.9 cm³/mol. The van der Waals surface area contributed by atoms with Crippen LogP contribution in [-0.2, 0) is 21.0 Å². The SMILES string of the molecule is Cc1ccc(O)c(O)c1O.[O]=[V]. The van der Waals surface area contributed by atoms with Crippen LogP contribution in [0.4, 0.5) is 0 Å². The van der Waals surface area contributed by atoms with Gasteiger partial charge in [0.05, 0.1) is 0 Å². The molecule has 4 nitrogen and oxygen atoms in total. The minimum absolute atomic E-state index is 0.264. The van der Waals surface area contributed by atoms with Crippen LogP contribution in [0.2, 0.25) is 0 Å². The van der Waals surface area contributed by atoms with Gasteiger partial charge in [-0.15, -0.1) is 0 Å². The van der Waals surface area contributed by atoms with E-state index >= 15 is 0 Å². The Labute approximate surface area is 78.7 Å². The van der Waals surface area contributed by atoms with Gasteiger partial charge in [0.15, 0.2) is 11.5 Å². The van der Waals surface area contributed by atoms with Crippen molar-refractivity contribution in [3.63, 3.8) is 0 Å². The third-order valence-corrected chi connectivity index (χ3v) is 1.33. The fourth-order valence-corrected chi connectivity index (χ4v) is 0.670. The van der Waals surface area contributed by atoms with Gasteiger partial charge in [0.1, 0.15) is 0 Å². The fourth-order valence-electron chi connectivity index (χ4n) is 0.670. The molecule has 1 aromatic rings. The second-order valence-electron chi connectivity index (χ2n) is 2.10. The normalized spacial score (nSPS) is 8.33. The molecular formula is C7H8O4V. The van der Waals surface area contributed by atoms with Crippen molar-refractivity contribution >= 4 is 0 Å². The van der Waals surface area contributed by atoms with Gasteiger partial charge in [0.25, 0.3) is 0 Å². The molecule has 0 fully saturated rings. The maximum absolute atomic E-state index is 8.98. The van der Waals surface area contributed by atoms with Crippen LogP contribution in [0, 0.1) is 6.92 Å². The van der Waals surface area contributed by atoms with Gasteiger partial charge in [-0.1, -0.05) is 6.07 Å². The first kappa shape index (κ1) is 11.0. The molecule has 0 unspecified atom stereocenters. The van der Waals surface area contributed by atoms with E-state index in [1.54, 1.807) is 6.92 Å². The number of hydrogen-bond donors (Lipinski definition) is 3. The second kappa shape index (κ2) is 4.80. The van der Waals surface area contributed by atoms with E-state index in [0.717, 1.165) is 17.4 Å². The van der Waals surface area contributed by atoms with Crippen molar-refractivity contribution in [3.05, 3.63) is 17.7 Å². The Hall–Kier alpha value is -0.996. The zero-order chi connectivity index (χ0) is 9.72. The van der Waals surface area contributed by atoms with Crippen molar-refractivity contribution < 1.29 is 36.4 Å². The van der Waals surface area contributed by atoms with Gasteiger partial charge in [0, 0.05) is 0 Å². The van der Waals surface area contributed by atoms with Crippen molar-refractivity contribution in [1.82, 2.24) is 0 Å². The van der Waals surface area contributed by atoms with Crippen LogP contribution < -0.4 is 0 Å². The Kier molecular flexibility index (Phi) is 4.40. The van der Waals surface area contributed by atoms with E-state index in [1.807, 2.05) is 0 Å². The molecule has 0 aliphatic carbocycles. The summed E-state index contributed by atoms with van der Waals surface area (Å²) in [5.41, 5.74) is 0.537. The first-order valence-electron chi connectivity index (χ1n) is 3.01. The molecule has 12 heavy (non-hydrogen) atoms. The standard InChI is InChI=1S/C7H8O3.O.V/c1-4-2-3-5(8)7(10)6(4)9;;/h2-3,8-10H,1H3;;. The zero-order valence-corrected chi connectivity index (χ0v) is 7.75. The third-order valence-electron chi connectivity index (χ3n) is 1.33. The Morgan fingerprint density at radius 2 is 1.58 bits per heavy atom. The van der Waals surface area contributed by atoms with E-state index in [1.165, 1.54) is 12.1 Å². The summed E-state index contributed by atoms with van der Waals surface area (Å²) >= 11 is 1.06. The van der Waals surface area contributed by atoms with Gasteiger partial charge >= 0.3 is 21.0 Å². The maximum atomic E-state index is 8.98. The van der Waals surface area contributed by atoms with Crippen molar-refractivity contribution in [3.8, 4) is 17.2 Å². The summed E-state index contributed by atoms with van der Waals surface area (Å²) in [7, 11) is 0. The minimum atomic E-state index is -0.458. The van der Waals surface area contributed by atoms with Gasteiger partial charge in [-0.25, -0.2) is 0 Å². The number of rotatable bonds is 0. The summed E-state index contributed by atoms with van der Waals surface area (Å²) in [6.07, 6.45) is 0. The number of benzene rings is 1. The van der Waals surface area contributed by atoms with Crippen molar-refractivity contribution in [2.45, 2.75) is 6.92 Å². The summed E-state index contributed by atoms with van der Waals surface area (Å²) in [6.45, 7) is 1.63. The Bertz CT molecular complexity index is 247. The molecule has 5 heteroatoms. The molecule has 0 aliphatic heterocycles. The molecule has 65 valence electrons. The van der Waals surface area contributed by atoms with Crippen molar-refractivity contribution in [1.29, 1.82) is 0 Å². The Balaban J connectivity index is 0.000000561. The van der Waals surface area contributed by atoms with Crippen LogP contribution >= 0.6 is 0 Å². The molecule has 1 rings (SSSR count). The van der Waals surface area contributed by atoms with Crippen molar-refractivity contribution in [2.24, 2.45) is 0 Å². The van der Waals surface area contributed by atoms with E-state index < -0.39 is 5.75 Å². The van der Waals surface area contributed by atoms with E-state index in [0.29, 0.717) is 5.56 Å². The monoisotopic (exact) mass is 207 g/mol. The van der Waals surface area contributed by atoms with Gasteiger partial charge in [-0.3, -0.25) is 0 Å². The van der Waals surface area contributed by atoms with Crippen LogP contribution in [0.25, 0.3) is 0 Å². The van der Waals surface area contributed by atoms with Gasteiger partial charge < -0.3 is 15.3 Å².